The number of hydrogen-bond acceptors (Lipinski definition) is 3. The van der Waals surface area contributed by atoms with Gasteiger partial charge in [0.2, 0.25) is 0 Å². The van der Waals surface area contributed by atoms with Gasteiger partial charge in [0.1, 0.15) is 12.2 Å². The lowest BCUT2D eigenvalue weighted by atomic mass is 10.2. The molecule has 9 heavy (non-hydrogen) atoms. The number of halogens is 1. The van der Waals surface area contributed by atoms with Crippen molar-refractivity contribution in [2.75, 3.05) is 12.5 Å². The van der Waals surface area contributed by atoms with Crippen LogP contribution in [0.3, 0.4) is 0 Å². The SMILES string of the molecule is O[C@@H]1C(CCl)OC[C@@H]1O. The van der Waals surface area contributed by atoms with Crippen molar-refractivity contribution in [3.05, 3.63) is 0 Å². The number of aliphatic hydroxyl groups excluding tert-OH is 2. The van der Waals surface area contributed by atoms with Crippen molar-refractivity contribution in [3.63, 3.8) is 0 Å². The standard InChI is InChI=1S/C5H9ClO3/c6-1-4-5(8)3(7)2-9-4/h3-5,7-8H,1-2H2/t3-,4?,5-/m0/s1. The molecule has 0 aromatic rings. The number of alkyl halides is 1. The quantitative estimate of drug-likeness (QED) is 0.491. The van der Waals surface area contributed by atoms with Gasteiger partial charge in [-0.05, 0) is 0 Å². The molecule has 1 aliphatic rings. The van der Waals surface area contributed by atoms with Gasteiger partial charge in [0.25, 0.3) is 0 Å². The van der Waals surface area contributed by atoms with Crippen LogP contribution in [-0.4, -0.2) is 41.0 Å². The lowest BCUT2D eigenvalue weighted by Gasteiger charge is -2.09. The summed E-state index contributed by atoms with van der Waals surface area (Å²) in [6, 6.07) is 0. The third-order valence-electron chi connectivity index (χ3n) is 1.41. The summed E-state index contributed by atoms with van der Waals surface area (Å²) < 4.78 is 4.89. The van der Waals surface area contributed by atoms with Crippen LogP contribution in [0.4, 0.5) is 0 Å². The Morgan fingerprint density at radius 3 is 2.44 bits per heavy atom. The summed E-state index contributed by atoms with van der Waals surface area (Å²) in [6.45, 7) is 0.193. The van der Waals surface area contributed by atoms with Gasteiger partial charge in [-0.15, -0.1) is 11.6 Å². The highest BCUT2D eigenvalue weighted by Crippen LogP contribution is 2.14. The van der Waals surface area contributed by atoms with Crippen LogP contribution in [-0.2, 0) is 4.74 Å². The van der Waals surface area contributed by atoms with E-state index in [0.717, 1.165) is 0 Å². The fourth-order valence-electron chi connectivity index (χ4n) is 0.803. The minimum atomic E-state index is -0.803. The molecular weight excluding hydrogens is 144 g/mol. The molecule has 0 aromatic heterocycles. The van der Waals surface area contributed by atoms with Crippen LogP contribution in [0.1, 0.15) is 0 Å². The Kier molecular flexibility index (Phi) is 2.29. The molecule has 1 heterocycles. The molecule has 1 saturated heterocycles. The van der Waals surface area contributed by atoms with E-state index in [0.29, 0.717) is 0 Å². The van der Waals surface area contributed by atoms with Gasteiger partial charge in [0, 0.05) is 0 Å². The van der Waals surface area contributed by atoms with Crippen LogP contribution in [0.15, 0.2) is 0 Å². The van der Waals surface area contributed by atoms with Crippen molar-refractivity contribution in [2.24, 2.45) is 0 Å². The molecule has 0 amide bonds. The van der Waals surface area contributed by atoms with Gasteiger partial charge in [-0.3, -0.25) is 0 Å². The predicted molar refractivity (Wildman–Crippen MR) is 32.5 cm³/mol. The van der Waals surface area contributed by atoms with Gasteiger partial charge in [0.15, 0.2) is 0 Å². The van der Waals surface area contributed by atoms with E-state index in [2.05, 4.69) is 0 Å². The van der Waals surface area contributed by atoms with E-state index >= 15 is 0 Å². The molecule has 0 bridgehead atoms. The highest BCUT2D eigenvalue weighted by atomic mass is 35.5. The van der Waals surface area contributed by atoms with Crippen molar-refractivity contribution in [2.45, 2.75) is 18.3 Å². The maximum atomic E-state index is 9.00. The molecule has 3 atom stereocenters. The van der Waals surface area contributed by atoms with Crippen LogP contribution in [0.2, 0.25) is 0 Å². The van der Waals surface area contributed by atoms with Crippen molar-refractivity contribution in [3.8, 4) is 0 Å². The van der Waals surface area contributed by atoms with Crippen LogP contribution < -0.4 is 0 Å². The van der Waals surface area contributed by atoms with Crippen molar-refractivity contribution < 1.29 is 14.9 Å². The van der Waals surface area contributed by atoms with E-state index in [1.807, 2.05) is 0 Å². The van der Waals surface area contributed by atoms with Crippen LogP contribution in [0.5, 0.6) is 0 Å². The molecule has 0 saturated carbocycles. The Morgan fingerprint density at radius 2 is 2.22 bits per heavy atom. The smallest absolute Gasteiger partial charge is 0.109 e. The lowest BCUT2D eigenvalue weighted by Crippen LogP contribution is -2.30. The Labute approximate surface area is 58.2 Å². The molecule has 0 aliphatic carbocycles. The Hall–Kier alpha value is 0.170. The molecule has 0 aromatic carbocycles. The minimum absolute atomic E-state index is 0.193. The maximum absolute atomic E-state index is 9.00. The van der Waals surface area contributed by atoms with E-state index in [4.69, 9.17) is 26.6 Å². The number of ether oxygens (including phenoxy) is 1. The molecule has 0 radical (unpaired) electrons. The second kappa shape index (κ2) is 2.84. The van der Waals surface area contributed by atoms with Gasteiger partial charge in [0.05, 0.1) is 18.6 Å². The van der Waals surface area contributed by atoms with Crippen LogP contribution in [0, 0.1) is 0 Å². The second-order valence-electron chi connectivity index (χ2n) is 2.08. The number of aliphatic hydroxyl groups is 2. The van der Waals surface area contributed by atoms with Gasteiger partial charge in [-0.2, -0.15) is 0 Å². The predicted octanol–water partition coefficient (Wildman–Crippen LogP) is -0.654. The molecule has 0 spiro atoms. The molecule has 1 rings (SSSR count). The zero-order chi connectivity index (χ0) is 6.85. The van der Waals surface area contributed by atoms with Gasteiger partial charge in [-0.25, -0.2) is 0 Å². The van der Waals surface area contributed by atoms with E-state index in [1.54, 1.807) is 0 Å². The van der Waals surface area contributed by atoms with Crippen molar-refractivity contribution in [1.29, 1.82) is 0 Å². The van der Waals surface area contributed by atoms with E-state index in [9.17, 15) is 0 Å². The van der Waals surface area contributed by atoms with Crippen LogP contribution in [0.25, 0.3) is 0 Å². The fourth-order valence-corrected chi connectivity index (χ4v) is 1.07. The Balaban J connectivity index is 2.41. The van der Waals surface area contributed by atoms with Crippen LogP contribution >= 0.6 is 11.6 Å². The normalized spacial score (nSPS) is 43.7. The summed E-state index contributed by atoms with van der Waals surface area (Å²) >= 11 is 5.37. The zero-order valence-electron chi connectivity index (χ0n) is 4.83. The Morgan fingerprint density at radius 1 is 1.56 bits per heavy atom. The zero-order valence-corrected chi connectivity index (χ0v) is 5.58. The molecule has 1 unspecified atom stereocenters. The molecule has 1 aliphatic heterocycles. The molecule has 3 nitrogen and oxygen atoms in total. The van der Waals surface area contributed by atoms with E-state index < -0.39 is 12.2 Å². The summed E-state index contributed by atoms with van der Waals surface area (Å²) in [5, 5.41) is 17.9. The second-order valence-corrected chi connectivity index (χ2v) is 2.39. The molecule has 4 heteroatoms. The minimum Gasteiger partial charge on any atom is -0.388 e. The first-order chi connectivity index (χ1) is 4.25. The number of hydrogen-bond donors (Lipinski definition) is 2. The summed E-state index contributed by atoms with van der Waals surface area (Å²) in [5.74, 6) is 0.234. The fraction of sp³-hybridized carbons (Fsp3) is 1.00. The molecule has 54 valence electrons. The van der Waals surface area contributed by atoms with Crippen molar-refractivity contribution >= 4 is 11.6 Å². The average Bonchev–Trinajstić information content (AvgIpc) is 2.15. The highest BCUT2D eigenvalue weighted by Gasteiger charge is 2.33. The topological polar surface area (TPSA) is 49.7 Å². The van der Waals surface area contributed by atoms with Gasteiger partial charge in [-0.1, -0.05) is 0 Å². The Bertz CT molecular complexity index is 98.2. The summed E-state index contributed by atoms with van der Waals surface area (Å²) in [4.78, 5) is 0. The first-order valence-corrected chi connectivity index (χ1v) is 3.33. The average molecular weight is 153 g/mol. The molecule has 1 fully saturated rings. The first-order valence-electron chi connectivity index (χ1n) is 2.79. The largest absolute Gasteiger partial charge is 0.388 e. The molecular formula is C5H9ClO3. The van der Waals surface area contributed by atoms with E-state index in [-0.39, 0.29) is 18.6 Å². The third kappa shape index (κ3) is 1.35. The molecule has 2 N–H and O–H groups in total. The van der Waals surface area contributed by atoms with E-state index in [1.165, 1.54) is 0 Å². The lowest BCUT2D eigenvalue weighted by molar-refractivity contribution is 0.0332. The number of rotatable bonds is 1. The van der Waals surface area contributed by atoms with Gasteiger partial charge >= 0.3 is 0 Å². The first kappa shape index (κ1) is 7.28. The highest BCUT2D eigenvalue weighted by molar-refractivity contribution is 6.18. The monoisotopic (exact) mass is 152 g/mol. The van der Waals surface area contributed by atoms with Crippen molar-refractivity contribution in [1.82, 2.24) is 0 Å². The maximum Gasteiger partial charge on any atom is 0.109 e. The summed E-state index contributed by atoms with van der Waals surface area (Å²) in [5.41, 5.74) is 0. The van der Waals surface area contributed by atoms with Gasteiger partial charge < -0.3 is 14.9 Å². The third-order valence-corrected chi connectivity index (χ3v) is 1.71. The summed E-state index contributed by atoms with van der Waals surface area (Å²) in [7, 11) is 0. The summed E-state index contributed by atoms with van der Waals surface area (Å²) in [6.07, 6.45) is -1.95.